The second-order valence-corrected chi connectivity index (χ2v) is 5.11. The third-order valence-corrected chi connectivity index (χ3v) is 3.33. The molecular formula is C17H18N2O5. The first-order valence-electron chi connectivity index (χ1n) is 7.36. The van der Waals surface area contributed by atoms with E-state index in [0.29, 0.717) is 11.4 Å². The fourth-order valence-electron chi connectivity index (χ4n) is 2.15. The summed E-state index contributed by atoms with van der Waals surface area (Å²) in [6.07, 6.45) is 0. The number of ketones is 1. The van der Waals surface area contributed by atoms with Crippen LogP contribution < -0.4 is 10.3 Å². The molecule has 0 amide bonds. The first-order chi connectivity index (χ1) is 11.4. The Kier molecular flexibility index (Phi) is 5.13. The molecule has 1 heterocycles. The molecule has 0 unspecified atom stereocenters. The number of hydrogen-bond acceptors (Lipinski definition) is 6. The van der Waals surface area contributed by atoms with E-state index in [1.165, 1.54) is 14.0 Å². The van der Waals surface area contributed by atoms with Gasteiger partial charge in [0.25, 0.3) is 5.56 Å². The van der Waals surface area contributed by atoms with E-state index in [1.807, 2.05) is 13.0 Å². The van der Waals surface area contributed by atoms with Crippen molar-refractivity contribution in [3.63, 3.8) is 0 Å². The summed E-state index contributed by atoms with van der Waals surface area (Å²) in [4.78, 5) is 36.4. The SMILES string of the molecule is CCOC(=O)c1cc(C(C)=O)nn(-c2cc(C)ccc2OC)c1=O. The van der Waals surface area contributed by atoms with Gasteiger partial charge in [0.15, 0.2) is 5.78 Å². The highest BCUT2D eigenvalue weighted by Gasteiger charge is 2.20. The Balaban J connectivity index is 2.79. The average molecular weight is 330 g/mol. The zero-order valence-electron chi connectivity index (χ0n) is 14.0. The summed E-state index contributed by atoms with van der Waals surface area (Å²) in [7, 11) is 1.46. The van der Waals surface area contributed by atoms with Crippen LogP contribution in [0.15, 0.2) is 29.1 Å². The standard InChI is InChI=1S/C17H18N2O5/c1-5-24-17(22)12-9-13(11(3)20)18-19(16(12)21)14-8-10(2)6-7-15(14)23-4/h6-9H,5H2,1-4H3. The topological polar surface area (TPSA) is 87.5 Å². The van der Waals surface area contributed by atoms with Gasteiger partial charge in [0.1, 0.15) is 22.7 Å². The van der Waals surface area contributed by atoms with Gasteiger partial charge in [-0.2, -0.15) is 9.78 Å². The third-order valence-electron chi connectivity index (χ3n) is 3.33. The van der Waals surface area contributed by atoms with Crippen LogP contribution >= 0.6 is 0 Å². The lowest BCUT2D eigenvalue weighted by Gasteiger charge is -2.13. The molecular weight excluding hydrogens is 312 g/mol. The van der Waals surface area contributed by atoms with E-state index in [9.17, 15) is 14.4 Å². The summed E-state index contributed by atoms with van der Waals surface area (Å²) in [6.45, 7) is 4.89. The van der Waals surface area contributed by atoms with Crippen LogP contribution in [0.3, 0.4) is 0 Å². The second kappa shape index (κ2) is 7.08. The van der Waals surface area contributed by atoms with Gasteiger partial charge in [-0.1, -0.05) is 6.07 Å². The Bertz CT molecular complexity index is 855. The van der Waals surface area contributed by atoms with Crippen molar-refractivity contribution in [3.05, 3.63) is 51.4 Å². The smallest absolute Gasteiger partial charge is 0.343 e. The number of ether oxygens (including phenoxy) is 2. The molecule has 0 saturated carbocycles. The van der Waals surface area contributed by atoms with Crippen molar-refractivity contribution in [2.24, 2.45) is 0 Å². The maximum atomic E-state index is 12.7. The Morgan fingerprint density at radius 1 is 1.25 bits per heavy atom. The molecule has 0 aliphatic carbocycles. The minimum Gasteiger partial charge on any atom is -0.494 e. The number of aryl methyl sites for hydroxylation is 1. The first-order valence-corrected chi connectivity index (χ1v) is 7.36. The van der Waals surface area contributed by atoms with Crippen molar-refractivity contribution in [2.45, 2.75) is 20.8 Å². The highest BCUT2D eigenvalue weighted by molar-refractivity contribution is 5.96. The molecule has 126 valence electrons. The number of aromatic nitrogens is 2. The van der Waals surface area contributed by atoms with Crippen molar-refractivity contribution in [3.8, 4) is 11.4 Å². The molecule has 1 aromatic heterocycles. The van der Waals surface area contributed by atoms with Gasteiger partial charge in [0.05, 0.1) is 13.7 Å². The van der Waals surface area contributed by atoms with Crippen molar-refractivity contribution in [2.75, 3.05) is 13.7 Å². The molecule has 24 heavy (non-hydrogen) atoms. The molecule has 2 rings (SSSR count). The zero-order chi connectivity index (χ0) is 17.9. The number of nitrogens with zero attached hydrogens (tertiary/aromatic N) is 2. The highest BCUT2D eigenvalue weighted by Crippen LogP contribution is 2.22. The predicted molar refractivity (Wildman–Crippen MR) is 87.1 cm³/mol. The maximum Gasteiger partial charge on any atom is 0.343 e. The summed E-state index contributed by atoms with van der Waals surface area (Å²) < 4.78 is 11.1. The largest absolute Gasteiger partial charge is 0.494 e. The molecule has 7 heteroatoms. The van der Waals surface area contributed by atoms with Crippen LogP contribution in [0, 0.1) is 6.92 Å². The van der Waals surface area contributed by atoms with E-state index < -0.39 is 11.5 Å². The molecule has 1 aromatic carbocycles. The fraction of sp³-hybridized carbons (Fsp3) is 0.294. The van der Waals surface area contributed by atoms with Crippen LogP contribution in [-0.4, -0.2) is 35.2 Å². The van der Waals surface area contributed by atoms with Crippen LogP contribution in [0.2, 0.25) is 0 Å². The number of Topliss-reactive ketones (excluding diaryl/α,β-unsaturated/α-hetero) is 1. The van der Waals surface area contributed by atoms with Crippen molar-refractivity contribution < 1.29 is 19.1 Å². The van der Waals surface area contributed by atoms with E-state index in [0.717, 1.165) is 16.3 Å². The molecule has 0 aliphatic rings. The summed E-state index contributed by atoms with van der Waals surface area (Å²) in [5, 5.41) is 4.06. The van der Waals surface area contributed by atoms with Gasteiger partial charge in [-0.3, -0.25) is 9.59 Å². The molecule has 0 atom stereocenters. The molecule has 0 bridgehead atoms. The number of methoxy groups -OCH3 is 1. The predicted octanol–water partition coefficient (Wildman–Crippen LogP) is 1.93. The van der Waals surface area contributed by atoms with Gasteiger partial charge in [-0.15, -0.1) is 0 Å². The monoisotopic (exact) mass is 330 g/mol. The lowest BCUT2D eigenvalue weighted by molar-refractivity contribution is 0.0523. The summed E-state index contributed by atoms with van der Waals surface area (Å²) in [6, 6.07) is 6.34. The van der Waals surface area contributed by atoms with Gasteiger partial charge in [0.2, 0.25) is 0 Å². The minimum absolute atomic E-state index is 0.0128. The van der Waals surface area contributed by atoms with Gasteiger partial charge < -0.3 is 9.47 Å². The summed E-state index contributed by atoms with van der Waals surface area (Å²) >= 11 is 0. The molecule has 0 fully saturated rings. The Morgan fingerprint density at radius 3 is 2.54 bits per heavy atom. The van der Waals surface area contributed by atoms with E-state index in [2.05, 4.69) is 5.10 Å². The van der Waals surface area contributed by atoms with Crippen LogP contribution in [-0.2, 0) is 4.74 Å². The molecule has 0 spiro atoms. The Labute approximate surface area is 138 Å². The highest BCUT2D eigenvalue weighted by atomic mass is 16.5. The number of esters is 1. The number of benzene rings is 1. The number of carbonyl (C=O) groups excluding carboxylic acids is 2. The lowest BCUT2D eigenvalue weighted by atomic mass is 10.2. The third kappa shape index (κ3) is 3.34. The normalized spacial score (nSPS) is 10.3. The van der Waals surface area contributed by atoms with E-state index in [1.54, 1.807) is 19.1 Å². The lowest BCUT2D eigenvalue weighted by Crippen LogP contribution is -2.30. The molecule has 2 aromatic rings. The molecule has 0 aliphatic heterocycles. The van der Waals surface area contributed by atoms with Crippen LogP contribution in [0.4, 0.5) is 0 Å². The fourth-order valence-corrected chi connectivity index (χ4v) is 2.15. The Hall–Kier alpha value is -2.96. The van der Waals surface area contributed by atoms with E-state index in [4.69, 9.17) is 9.47 Å². The van der Waals surface area contributed by atoms with Crippen LogP contribution in [0.25, 0.3) is 5.69 Å². The van der Waals surface area contributed by atoms with E-state index in [-0.39, 0.29) is 23.6 Å². The summed E-state index contributed by atoms with van der Waals surface area (Å²) in [5.41, 5.74) is 0.269. The Morgan fingerprint density at radius 2 is 1.96 bits per heavy atom. The average Bonchev–Trinajstić information content (AvgIpc) is 2.55. The molecule has 7 nitrogen and oxygen atoms in total. The van der Waals surface area contributed by atoms with Crippen molar-refractivity contribution in [1.82, 2.24) is 9.78 Å². The zero-order valence-corrected chi connectivity index (χ0v) is 14.0. The van der Waals surface area contributed by atoms with Crippen LogP contribution in [0.1, 0.15) is 40.3 Å². The quantitative estimate of drug-likeness (QED) is 0.615. The summed E-state index contributed by atoms with van der Waals surface area (Å²) in [5.74, 6) is -0.778. The van der Waals surface area contributed by atoms with Crippen LogP contribution in [0.5, 0.6) is 5.75 Å². The van der Waals surface area contributed by atoms with E-state index >= 15 is 0 Å². The van der Waals surface area contributed by atoms with Crippen molar-refractivity contribution in [1.29, 1.82) is 0 Å². The maximum absolute atomic E-state index is 12.7. The first kappa shape index (κ1) is 17.4. The molecule has 0 N–H and O–H groups in total. The van der Waals surface area contributed by atoms with Gasteiger partial charge in [-0.05, 0) is 37.6 Å². The number of rotatable bonds is 5. The second-order valence-electron chi connectivity index (χ2n) is 5.11. The van der Waals surface area contributed by atoms with Gasteiger partial charge >= 0.3 is 5.97 Å². The molecule has 0 saturated heterocycles. The number of hydrogen-bond donors (Lipinski definition) is 0. The number of carbonyl (C=O) groups is 2. The minimum atomic E-state index is -0.798. The molecule has 0 radical (unpaired) electrons. The van der Waals surface area contributed by atoms with Gasteiger partial charge in [-0.25, -0.2) is 4.79 Å². The van der Waals surface area contributed by atoms with Crippen molar-refractivity contribution >= 4 is 11.8 Å². The van der Waals surface area contributed by atoms with Gasteiger partial charge in [0, 0.05) is 6.92 Å².